The summed E-state index contributed by atoms with van der Waals surface area (Å²) in [6.07, 6.45) is 0.223. The van der Waals surface area contributed by atoms with E-state index in [0.717, 1.165) is 5.75 Å². The fraction of sp³-hybridized carbons (Fsp3) is 0.857. The van der Waals surface area contributed by atoms with Gasteiger partial charge in [-0.1, -0.05) is 0 Å². The molecule has 0 aliphatic heterocycles. The molecule has 0 saturated heterocycles. The van der Waals surface area contributed by atoms with Crippen LogP contribution in [0.5, 0.6) is 0 Å². The number of hydrogen-bond donors (Lipinski definition) is 2. The standard InChI is InChI=1S/C7H15NO2S/c1-7(2,8)5-11-4-3-6(9)10/h3-5,8H2,1-2H3,(H,9,10). The van der Waals surface area contributed by atoms with Gasteiger partial charge in [-0.3, -0.25) is 4.79 Å². The first kappa shape index (κ1) is 10.8. The molecular formula is C7H15NO2S. The van der Waals surface area contributed by atoms with Gasteiger partial charge in [-0.25, -0.2) is 0 Å². The van der Waals surface area contributed by atoms with Crippen molar-refractivity contribution in [1.82, 2.24) is 0 Å². The molecule has 0 aromatic rings. The number of hydrogen-bond acceptors (Lipinski definition) is 3. The molecule has 0 aromatic carbocycles. The highest BCUT2D eigenvalue weighted by Crippen LogP contribution is 2.10. The lowest BCUT2D eigenvalue weighted by Crippen LogP contribution is -2.34. The number of rotatable bonds is 5. The summed E-state index contributed by atoms with van der Waals surface area (Å²) in [4.78, 5) is 10.1. The van der Waals surface area contributed by atoms with Gasteiger partial charge >= 0.3 is 5.97 Å². The van der Waals surface area contributed by atoms with Crippen LogP contribution in [0.4, 0.5) is 0 Å². The van der Waals surface area contributed by atoms with E-state index < -0.39 is 5.97 Å². The van der Waals surface area contributed by atoms with E-state index in [9.17, 15) is 4.79 Å². The second kappa shape index (κ2) is 4.62. The molecule has 0 atom stereocenters. The number of carbonyl (C=O) groups is 1. The van der Waals surface area contributed by atoms with E-state index in [2.05, 4.69) is 0 Å². The van der Waals surface area contributed by atoms with Crippen LogP contribution in [0, 0.1) is 0 Å². The summed E-state index contributed by atoms with van der Waals surface area (Å²) in [5, 5.41) is 8.30. The van der Waals surface area contributed by atoms with Crippen LogP contribution in [-0.2, 0) is 4.79 Å². The topological polar surface area (TPSA) is 63.3 Å². The van der Waals surface area contributed by atoms with Gasteiger partial charge < -0.3 is 10.8 Å². The summed E-state index contributed by atoms with van der Waals surface area (Å²) in [7, 11) is 0. The van der Waals surface area contributed by atoms with Gasteiger partial charge in [-0.15, -0.1) is 0 Å². The lowest BCUT2D eigenvalue weighted by Gasteiger charge is -2.16. The summed E-state index contributed by atoms with van der Waals surface area (Å²) >= 11 is 1.58. The predicted molar refractivity (Wildman–Crippen MR) is 47.8 cm³/mol. The smallest absolute Gasteiger partial charge is 0.304 e. The van der Waals surface area contributed by atoms with Crippen LogP contribution >= 0.6 is 11.8 Å². The largest absolute Gasteiger partial charge is 0.481 e. The number of thioether (sulfide) groups is 1. The van der Waals surface area contributed by atoms with Crippen molar-refractivity contribution in [3.05, 3.63) is 0 Å². The molecule has 0 amide bonds. The van der Waals surface area contributed by atoms with E-state index in [1.807, 2.05) is 13.8 Å². The van der Waals surface area contributed by atoms with E-state index >= 15 is 0 Å². The highest BCUT2D eigenvalue weighted by atomic mass is 32.2. The van der Waals surface area contributed by atoms with Crippen LogP contribution in [0.1, 0.15) is 20.3 Å². The van der Waals surface area contributed by atoms with Crippen molar-refractivity contribution in [2.75, 3.05) is 11.5 Å². The lowest BCUT2D eigenvalue weighted by molar-refractivity contribution is -0.136. The van der Waals surface area contributed by atoms with Crippen molar-refractivity contribution in [3.63, 3.8) is 0 Å². The molecule has 3 nitrogen and oxygen atoms in total. The van der Waals surface area contributed by atoms with Gasteiger partial charge in [0.1, 0.15) is 0 Å². The first-order valence-corrected chi connectivity index (χ1v) is 4.66. The number of aliphatic carboxylic acids is 1. The maximum Gasteiger partial charge on any atom is 0.304 e. The van der Waals surface area contributed by atoms with Crippen molar-refractivity contribution in [1.29, 1.82) is 0 Å². The Balaban J connectivity index is 3.22. The number of carboxylic acids is 1. The Bertz CT molecular complexity index is 131. The maximum atomic E-state index is 10.1. The van der Waals surface area contributed by atoms with Gasteiger partial charge in [0.2, 0.25) is 0 Å². The lowest BCUT2D eigenvalue weighted by atomic mass is 10.1. The van der Waals surface area contributed by atoms with E-state index in [1.54, 1.807) is 11.8 Å². The predicted octanol–water partition coefficient (Wildman–Crippen LogP) is 0.932. The molecule has 0 unspecified atom stereocenters. The molecule has 0 rings (SSSR count). The van der Waals surface area contributed by atoms with Crippen LogP contribution in [0.2, 0.25) is 0 Å². The first-order chi connectivity index (χ1) is 4.92. The molecule has 0 spiro atoms. The molecule has 0 saturated carbocycles. The van der Waals surface area contributed by atoms with Crippen LogP contribution in [0.15, 0.2) is 0 Å². The SMILES string of the molecule is CC(C)(N)CSCCC(=O)O. The average molecular weight is 177 g/mol. The molecule has 0 heterocycles. The summed E-state index contributed by atoms with van der Waals surface area (Å²) in [5.74, 6) is 0.711. The zero-order valence-electron chi connectivity index (χ0n) is 6.96. The highest BCUT2D eigenvalue weighted by molar-refractivity contribution is 7.99. The number of carboxylic acid groups (broad SMARTS) is 1. The Morgan fingerprint density at radius 3 is 2.55 bits per heavy atom. The third-order valence-corrected chi connectivity index (χ3v) is 2.38. The molecule has 3 N–H and O–H groups in total. The molecule has 0 bridgehead atoms. The van der Waals surface area contributed by atoms with Crippen molar-refractivity contribution in [2.24, 2.45) is 5.73 Å². The second-order valence-corrected chi connectivity index (χ2v) is 4.29. The molecular weight excluding hydrogens is 162 g/mol. The van der Waals surface area contributed by atoms with Gasteiger partial charge in [0.15, 0.2) is 0 Å². The molecule has 0 aliphatic rings. The Morgan fingerprint density at radius 1 is 1.64 bits per heavy atom. The van der Waals surface area contributed by atoms with Crippen molar-refractivity contribution >= 4 is 17.7 Å². The monoisotopic (exact) mass is 177 g/mol. The minimum absolute atomic E-state index is 0.191. The van der Waals surface area contributed by atoms with Gasteiger partial charge in [-0.2, -0.15) is 11.8 Å². The highest BCUT2D eigenvalue weighted by Gasteiger charge is 2.10. The normalized spacial score (nSPS) is 11.5. The van der Waals surface area contributed by atoms with Crippen LogP contribution in [-0.4, -0.2) is 28.1 Å². The van der Waals surface area contributed by atoms with Crippen LogP contribution in [0.25, 0.3) is 0 Å². The molecule has 0 aromatic heterocycles. The third-order valence-electron chi connectivity index (χ3n) is 0.934. The van der Waals surface area contributed by atoms with E-state index in [0.29, 0.717) is 5.75 Å². The molecule has 11 heavy (non-hydrogen) atoms. The Hall–Kier alpha value is -0.220. The molecule has 4 heteroatoms. The molecule has 66 valence electrons. The average Bonchev–Trinajstić information content (AvgIpc) is 1.78. The van der Waals surface area contributed by atoms with E-state index in [1.165, 1.54) is 0 Å². The minimum Gasteiger partial charge on any atom is -0.481 e. The zero-order valence-corrected chi connectivity index (χ0v) is 7.78. The molecule has 0 aliphatic carbocycles. The summed E-state index contributed by atoms with van der Waals surface area (Å²) in [5.41, 5.74) is 5.49. The Kier molecular flexibility index (Phi) is 4.52. The quantitative estimate of drug-likeness (QED) is 0.613. The van der Waals surface area contributed by atoms with Crippen LogP contribution < -0.4 is 5.73 Å². The number of nitrogens with two attached hydrogens (primary N) is 1. The van der Waals surface area contributed by atoms with Gasteiger partial charge in [0, 0.05) is 17.0 Å². The van der Waals surface area contributed by atoms with Crippen molar-refractivity contribution in [3.8, 4) is 0 Å². The van der Waals surface area contributed by atoms with E-state index in [4.69, 9.17) is 10.8 Å². The first-order valence-electron chi connectivity index (χ1n) is 3.50. The van der Waals surface area contributed by atoms with Crippen molar-refractivity contribution in [2.45, 2.75) is 25.8 Å². The Morgan fingerprint density at radius 2 is 2.18 bits per heavy atom. The fourth-order valence-corrected chi connectivity index (χ4v) is 1.48. The third kappa shape index (κ3) is 9.78. The van der Waals surface area contributed by atoms with Gasteiger partial charge in [0.05, 0.1) is 6.42 Å². The van der Waals surface area contributed by atoms with Gasteiger partial charge in [0.25, 0.3) is 0 Å². The molecule has 0 radical (unpaired) electrons. The second-order valence-electron chi connectivity index (χ2n) is 3.18. The Labute approximate surface area is 71.3 Å². The fourth-order valence-electron chi connectivity index (χ4n) is 0.495. The zero-order chi connectivity index (χ0) is 8.91. The summed E-state index contributed by atoms with van der Waals surface area (Å²) in [6, 6.07) is 0. The summed E-state index contributed by atoms with van der Waals surface area (Å²) in [6.45, 7) is 3.86. The molecule has 0 fully saturated rings. The summed E-state index contributed by atoms with van der Waals surface area (Å²) < 4.78 is 0. The van der Waals surface area contributed by atoms with E-state index in [-0.39, 0.29) is 12.0 Å². The van der Waals surface area contributed by atoms with Crippen LogP contribution in [0.3, 0.4) is 0 Å². The van der Waals surface area contributed by atoms with Crippen molar-refractivity contribution < 1.29 is 9.90 Å². The van der Waals surface area contributed by atoms with Gasteiger partial charge in [-0.05, 0) is 13.8 Å². The minimum atomic E-state index is -0.743. The maximum absolute atomic E-state index is 10.1.